The van der Waals surface area contributed by atoms with E-state index in [2.05, 4.69) is 21.3 Å². The first-order chi connectivity index (χ1) is 10.1. The smallest absolute Gasteiger partial charge is 0.223 e. The van der Waals surface area contributed by atoms with E-state index in [-0.39, 0.29) is 5.91 Å². The van der Waals surface area contributed by atoms with Crippen molar-refractivity contribution in [2.45, 2.75) is 20.0 Å². The third-order valence-corrected chi connectivity index (χ3v) is 3.71. The van der Waals surface area contributed by atoms with Gasteiger partial charge in [-0.05, 0) is 13.1 Å². The topological polar surface area (TPSA) is 54.5 Å². The SMILES string of the molecule is COc1ccccc1CN(C)Cc1csc(NC(C)=O)n1. The number of benzene rings is 1. The van der Waals surface area contributed by atoms with Crippen LogP contribution in [0.4, 0.5) is 5.13 Å². The fraction of sp³-hybridized carbons (Fsp3) is 0.333. The second-order valence-electron chi connectivity index (χ2n) is 4.81. The number of anilines is 1. The molecule has 0 fully saturated rings. The minimum absolute atomic E-state index is 0.0988. The summed E-state index contributed by atoms with van der Waals surface area (Å²) in [4.78, 5) is 17.5. The third-order valence-electron chi connectivity index (χ3n) is 2.90. The van der Waals surface area contributed by atoms with Gasteiger partial charge >= 0.3 is 0 Å². The molecule has 6 heteroatoms. The van der Waals surface area contributed by atoms with Gasteiger partial charge in [0.1, 0.15) is 5.75 Å². The van der Waals surface area contributed by atoms with Crippen molar-refractivity contribution in [3.05, 3.63) is 40.9 Å². The molecule has 2 rings (SSSR count). The van der Waals surface area contributed by atoms with Crippen molar-refractivity contribution in [3.8, 4) is 5.75 Å². The number of rotatable bonds is 6. The molecule has 0 aliphatic rings. The van der Waals surface area contributed by atoms with E-state index in [9.17, 15) is 4.79 Å². The maximum Gasteiger partial charge on any atom is 0.223 e. The predicted octanol–water partition coefficient (Wildman–Crippen LogP) is 2.74. The van der Waals surface area contributed by atoms with Crippen molar-refractivity contribution in [2.75, 3.05) is 19.5 Å². The Morgan fingerprint density at radius 2 is 2.14 bits per heavy atom. The van der Waals surface area contributed by atoms with Gasteiger partial charge in [-0.2, -0.15) is 0 Å². The fourth-order valence-electron chi connectivity index (χ4n) is 2.04. The number of aromatic nitrogens is 1. The minimum atomic E-state index is -0.0988. The third kappa shape index (κ3) is 4.54. The molecule has 0 aliphatic carbocycles. The molecule has 1 heterocycles. The lowest BCUT2D eigenvalue weighted by Gasteiger charge is -2.17. The highest BCUT2D eigenvalue weighted by atomic mass is 32.1. The van der Waals surface area contributed by atoms with E-state index in [1.165, 1.54) is 18.3 Å². The molecule has 2 aromatic rings. The van der Waals surface area contributed by atoms with Gasteiger partial charge in [-0.1, -0.05) is 18.2 Å². The second-order valence-corrected chi connectivity index (χ2v) is 5.67. The van der Waals surface area contributed by atoms with Crippen molar-refractivity contribution < 1.29 is 9.53 Å². The van der Waals surface area contributed by atoms with Crippen LogP contribution in [0.2, 0.25) is 0 Å². The zero-order valence-corrected chi connectivity index (χ0v) is 13.2. The van der Waals surface area contributed by atoms with Crippen LogP contribution in [-0.2, 0) is 17.9 Å². The Labute approximate surface area is 128 Å². The Morgan fingerprint density at radius 1 is 1.38 bits per heavy atom. The number of ether oxygens (including phenoxy) is 1. The summed E-state index contributed by atoms with van der Waals surface area (Å²) in [6.45, 7) is 2.97. The van der Waals surface area contributed by atoms with E-state index in [1.807, 2.05) is 30.6 Å². The number of carbonyl (C=O) groups is 1. The predicted molar refractivity (Wildman–Crippen MR) is 84.6 cm³/mol. The van der Waals surface area contributed by atoms with E-state index in [0.29, 0.717) is 11.7 Å². The van der Waals surface area contributed by atoms with Crippen molar-refractivity contribution in [3.63, 3.8) is 0 Å². The van der Waals surface area contributed by atoms with Crippen LogP contribution in [0.25, 0.3) is 0 Å². The van der Waals surface area contributed by atoms with Gasteiger partial charge in [0, 0.05) is 31.0 Å². The van der Waals surface area contributed by atoms with Crippen molar-refractivity contribution in [2.24, 2.45) is 0 Å². The summed E-state index contributed by atoms with van der Waals surface area (Å²) in [6.07, 6.45) is 0. The normalized spacial score (nSPS) is 10.7. The zero-order valence-electron chi connectivity index (χ0n) is 12.4. The summed E-state index contributed by atoms with van der Waals surface area (Å²) in [5.41, 5.74) is 2.08. The molecule has 1 N–H and O–H groups in total. The molecular formula is C15H19N3O2S. The first kappa shape index (κ1) is 15.5. The Bertz CT molecular complexity index is 612. The minimum Gasteiger partial charge on any atom is -0.496 e. The van der Waals surface area contributed by atoms with E-state index >= 15 is 0 Å². The van der Waals surface area contributed by atoms with Crippen LogP contribution in [0, 0.1) is 0 Å². The molecule has 0 radical (unpaired) electrons. The van der Waals surface area contributed by atoms with E-state index < -0.39 is 0 Å². The summed E-state index contributed by atoms with van der Waals surface area (Å²) < 4.78 is 5.36. The molecule has 1 aromatic carbocycles. The molecule has 1 aromatic heterocycles. The number of hydrogen-bond acceptors (Lipinski definition) is 5. The first-order valence-corrected chi connectivity index (χ1v) is 7.49. The lowest BCUT2D eigenvalue weighted by atomic mass is 10.2. The van der Waals surface area contributed by atoms with Crippen LogP contribution in [0.15, 0.2) is 29.6 Å². The Balaban J connectivity index is 1.96. The summed E-state index contributed by atoms with van der Waals surface area (Å²) in [6, 6.07) is 7.98. The van der Waals surface area contributed by atoms with Gasteiger partial charge in [-0.3, -0.25) is 9.69 Å². The number of carbonyl (C=O) groups excluding carboxylic acids is 1. The molecule has 112 valence electrons. The molecule has 21 heavy (non-hydrogen) atoms. The molecule has 0 saturated carbocycles. The maximum atomic E-state index is 11.0. The summed E-state index contributed by atoms with van der Waals surface area (Å²) >= 11 is 1.44. The van der Waals surface area contributed by atoms with Gasteiger partial charge in [-0.15, -0.1) is 11.3 Å². The van der Waals surface area contributed by atoms with Crippen molar-refractivity contribution >= 4 is 22.4 Å². The molecule has 0 unspecified atom stereocenters. The van der Waals surface area contributed by atoms with Gasteiger partial charge in [-0.25, -0.2) is 4.98 Å². The molecule has 0 aliphatic heterocycles. The number of methoxy groups -OCH3 is 1. The van der Waals surface area contributed by atoms with E-state index in [1.54, 1.807) is 7.11 Å². The molecule has 0 saturated heterocycles. The van der Waals surface area contributed by atoms with Crippen LogP contribution in [-0.4, -0.2) is 29.9 Å². The number of thiazole rings is 1. The second kappa shape index (κ2) is 7.19. The van der Waals surface area contributed by atoms with Gasteiger partial charge in [0.05, 0.1) is 12.8 Å². The van der Waals surface area contributed by atoms with Crippen molar-refractivity contribution in [1.29, 1.82) is 0 Å². The van der Waals surface area contributed by atoms with Crippen molar-refractivity contribution in [1.82, 2.24) is 9.88 Å². The molecule has 1 amide bonds. The monoisotopic (exact) mass is 305 g/mol. The van der Waals surface area contributed by atoms with Gasteiger partial charge in [0.25, 0.3) is 0 Å². The zero-order chi connectivity index (χ0) is 15.2. The van der Waals surface area contributed by atoms with Gasteiger partial charge < -0.3 is 10.1 Å². The summed E-state index contributed by atoms with van der Waals surface area (Å²) in [5, 5.41) is 5.30. The quantitative estimate of drug-likeness (QED) is 0.891. The number of para-hydroxylation sites is 1. The van der Waals surface area contributed by atoms with Crippen LogP contribution >= 0.6 is 11.3 Å². The largest absolute Gasteiger partial charge is 0.496 e. The van der Waals surface area contributed by atoms with E-state index in [0.717, 1.165) is 23.6 Å². The Morgan fingerprint density at radius 3 is 2.86 bits per heavy atom. The maximum absolute atomic E-state index is 11.0. The van der Waals surface area contributed by atoms with Crippen LogP contribution in [0.3, 0.4) is 0 Å². The summed E-state index contributed by atoms with van der Waals surface area (Å²) in [5.74, 6) is 0.792. The fourth-order valence-corrected chi connectivity index (χ4v) is 2.79. The van der Waals surface area contributed by atoms with E-state index in [4.69, 9.17) is 4.74 Å². The number of hydrogen-bond donors (Lipinski definition) is 1. The lowest BCUT2D eigenvalue weighted by Crippen LogP contribution is -2.18. The van der Waals surface area contributed by atoms with Crippen LogP contribution < -0.4 is 10.1 Å². The van der Waals surface area contributed by atoms with Gasteiger partial charge in [0.15, 0.2) is 5.13 Å². The van der Waals surface area contributed by atoms with Crippen LogP contribution in [0.5, 0.6) is 5.75 Å². The average Bonchev–Trinajstić information content (AvgIpc) is 2.85. The molecule has 0 spiro atoms. The molecule has 0 bridgehead atoms. The standard InChI is InChI=1S/C15H19N3O2S/c1-11(19)16-15-17-13(10-21-15)9-18(2)8-12-6-4-5-7-14(12)20-3/h4-7,10H,8-9H2,1-3H3,(H,16,17,19). The molecular weight excluding hydrogens is 286 g/mol. The number of nitrogens with one attached hydrogen (secondary N) is 1. The Hall–Kier alpha value is -1.92. The van der Waals surface area contributed by atoms with Gasteiger partial charge in [0.2, 0.25) is 5.91 Å². The highest BCUT2D eigenvalue weighted by molar-refractivity contribution is 7.13. The summed E-state index contributed by atoms with van der Waals surface area (Å²) in [7, 11) is 3.71. The lowest BCUT2D eigenvalue weighted by molar-refractivity contribution is -0.114. The number of amides is 1. The van der Waals surface area contributed by atoms with Crippen LogP contribution in [0.1, 0.15) is 18.2 Å². The first-order valence-electron chi connectivity index (χ1n) is 6.61. The highest BCUT2D eigenvalue weighted by Gasteiger charge is 2.09. The number of nitrogens with zero attached hydrogens (tertiary/aromatic N) is 2. The Kier molecular flexibility index (Phi) is 5.30. The molecule has 5 nitrogen and oxygen atoms in total. The average molecular weight is 305 g/mol. The molecule has 0 atom stereocenters. The highest BCUT2D eigenvalue weighted by Crippen LogP contribution is 2.21.